The average molecular weight is 702 g/mol. The van der Waals surface area contributed by atoms with Crippen molar-refractivity contribution in [3.05, 3.63) is 48.0 Å². The number of nitrogens with zero attached hydrogens (tertiary/aromatic N) is 2. The van der Waals surface area contributed by atoms with Crippen LogP contribution in [0.3, 0.4) is 0 Å². The van der Waals surface area contributed by atoms with E-state index < -0.39 is 65.5 Å². The number of rotatable bonds is 10. The van der Waals surface area contributed by atoms with E-state index in [9.17, 15) is 36.3 Å². The van der Waals surface area contributed by atoms with Crippen molar-refractivity contribution in [2.24, 2.45) is 5.92 Å². The van der Waals surface area contributed by atoms with Gasteiger partial charge in [0, 0.05) is 44.8 Å². The molecule has 2 aromatic carbocycles. The van der Waals surface area contributed by atoms with Crippen molar-refractivity contribution < 1.29 is 50.5 Å². The van der Waals surface area contributed by atoms with Crippen molar-refractivity contribution in [2.45, 2.75) is 82.2 Å². The van der Waals surface area contributed by atoms with Crippen molar-refractivity contribution in [1.29, 1.82) is 0 Å². The van der Waals surface area contributed by atoms with Crippen molar-refractivity contribution >= 4 is 27.5 Å². The van der Waals surface area contributed by atoms with Crippen LogP contribution in [0.2, 0.25) is 0 Å². The molecule has 3 rings (SSSR count). The zero-order valence-electron chi connectivity index (χ0n) is 28.0. The molecule has 0 spiro atoms. The van der Waals surface area contributed by atoms with Crippen LogP contribution in [0.4, 0.5) is 18.9 Å². The number of methoxy groups -OCH3 is 1. The fourth-order valence-corrected chi connectivity index (χ4v) is 6.40. The van der Waals surface area contributed by atoms with Crippen molar-refractivity contribution in [1.82, 2.24) is 9.21 Å². The van der Waals surface area contributed by atoms with Crippen LogP contribution in [0.25, 0.3) is 0 Å². The van der Waals surface area contributed by atoms with Gasteiger partial charge in [0.2, 0.25) is 15.9 Å². The number of aliphatic hydroxyl groups is 1. The first-order chi connectivity index (χ1) is 22.5. The summed E-state index contributed by atoms with van der Waals surface area (Å²) in [6, 6.07) is 9.64. The number of ether oxygens (including phenoxy) is 3. The Kier molecular flexibility index (Phi) is 14.1. The molecular formula is C33H46F3N3O8S. The maximum absolute atomic E-state index is 14.2. The molecule has 2 aromatic rings. The first kappa shape index (κ1) is 39.0. The summed E-state index contributed by atoms with van der Waals surface area (Å²) in [6.45, 7) is 5.30. The molecule has 11 nitrogen and oxygen atoms in total. The molecule has 0 fully saturated rings. The molecule has 1 heterocycles. The third-order valence-electron chi connectivity index (χ3n) is 8.18. The SMILES string of the molecule is COc1ccc(S(=O)(=O)N(C)C[C@@H]2OCCCC[C@H](C)Oc3ccc(NC(=O)CCC(F)(F)F)cc3C(=O)N([C@@H](C)CO)C[C@H]2C)cc1. The van der Waals surface area contributed by atoms with Gasteiger partial charge in [-0.2, -0.15) is 17.5 Å². The van der Waals surface area contributed by atoms with E-state index in [1.165, 1.54) is 53.7 Å². The van der Waals surface area contributed by atoms with Gasteiger partial charge in [0.05, 0.1) is 48.8 Å². The molecule has 268 valence electrons. The third-order valence-corrected chi connectivity index (χ3v) is 10.0. The number of hydrogen-bond donors (Lipinski definition) is 2. The Morgan fingerprint density at radius 2 is 1.85 bits per heavy atom. The lowest BCUT2D eigenvalue weighted by Crippen LogP contribution is -2.48. The summed E-state index contributed by atoms with van der Waals surface area (Å²) in [6.07, 6.45) is -5.55. The van der Waals surface area contributed by atoms with Crippen LogP contribution in [0.1, 0.15) is 63.2 Å². The minimum absolute atomic E-state index is 0.0186. The zero-order valence-corrected chi connectivity index (χ0v) is 28.8. The van der Waals surface area contributed by atoms with Gasteiger partial charge in [-0.3, -0.25) is 9.59 Å². The molecule has 0 unspecified atom stereocenters. The van der Waals surface area contributed by atoms with Crippen molar-refractivity contribution in [3.63, 3.8) is 0 Å². The van der Waals surface area contributed by atoms with Crippen LogP contribution < -0.4 is 14.8 Å². The molecule has 2 amide bonds. The molecule has 0 aromatic heterocycles. The highest BCUT2D eigenvalue weighted by atomic mass is 32.2. The van der Waals surface area contributed by atoms with E-state index in [1.807, 2.05) is 13.8 Å². The summed E-state index contributed by atoms with van der Waals surface area (Å²) in [5.74, 6) is -1.10. The van der Waals surface area contributed by atoms with E-state index >= 15 is 0 Å². The Morgan fingerprint density at radius 1 is 1.17 bits per heavy atom. The highest BCUT2D eigenvalue weighted by Crippen LogP contribution is 2.29. The predicted molar refractivity (Wildman–Crippen MR) is 174 cm³/mol. The number of benzene rings is 2. The molecule has 15 heteroatoms. The third kappa shape index (κ3) is 11.1. The van der Waals surface area contributed by atoms with Gasteiger partial charge in [0.25, 0.3) is 5.91 Å². The lowest BCUT2D eigenvalue weighted by atomic mass is 10.0. The van der Waals surface area contributed by atoms with E-state index in [0.717, 1.165) is 0 Å². The van der Waals surface area contributed by atoms with E-state index in [4.69, 9.17) is 14.2 Å². The second-order valence-corrected chi connectivity index (χ2v) is 14.2. The van der Waals surface area contributed by atoms with Crippen LogP contribution in [0.15, 0.2) is 47.4 Å². The van der Waals surface area contributed by atoms with E-state index in [2.05, 4.69) is 5.32 Å². The van der Waals surface area contributed by atoms with Gasteiger partial charge < -0.3 is 29.5 Å². The fraction of sp³-hybridized carbons (Fsp3) is 0.576. The quantitative estimate of drug-likeness (QED) is 0.350. The summed E-state index contributed by atoms with van der Waals surface area (Å²) in [7, 11) is -0.960. The maximum atomic E-state index is 14.2. The number of nitrogens with one attached hydrogen (secondary N) is 1. The number of anilines is 1. The summed E-state index contributed by atoms with van der Waals surface area (Å²) in [4.78, 5) is 28.0. The van der Waals surface area contributed by atoms with Crippen LogP contribution in [-0.4, -0.2) is 99.4 Å². The Bertz CT molecular complexity index is 1470. The van der Waals surface area contributed by atoms with Crippen LogP contribution in [-0.2, 0) is 19.6 Å². The summed E-state index contributed by atoms with van der Waals surface area (Å²) in [5.41, 5.74) is 0.166. The minimum atomic E-state index is -4.50. The second-order valence-electron chi connectivity index (χ2n) is 12.1. The van der Waals surface area contributed by atoms with Gasteiger partial charge in [-0.1, -0.05) is 6.92 Å². The highest BCUT2D eigenvalue weighted by Gasteiger charge is 2.33. The highest BCUT2D eigenvalue weighted by molar-refractivity contribution is 7.89. The molecule has 0 saturated heterocycles. The van der Waals surface area contributed by atoms with Gasteiger partial charge in [0.15, 0.2) is 0 Å². The predicted octanol–water partition coefficient (Wildman–Crippen LogP) is 5.09. The number of halogens is 3. The maximum Gasteiger partial charge on any atom is 0.389 e. The van der Waals surface area contributed by atoms with Gasteiger partial charge in [-0.25, -0.2) is 8.42 Å². The summed E-state index contributed by atoms with van der Waals surface area (Å²) < 4.78 is 83.6. The Morgan fingerprint density at radius 3 is 2.48 bits per heavy atom. The normalized spacial score (nSPS) is 20.8. The number of hydrogen-bond acceptors (Lipinski definition) is 8. The Labute approximate surface area is 280 Å². The molecule has 0 saturated carbocycles. The van der Waals surface area contributed by atoms with E-state index in [1.54, 1.807) is 19.1 Å². The van der Waals surface area contributed by atoms with Crippen molar-refractivity contribution in [3.8, 4) is 11.5 Å². The van der Waals surface area contributed by atoms with E-state index in [0.29, 0.717) is 31.6 Å². The number of alkyl halides is 3. The van der Waals surface area contributed by atoms with Crippen LogP contribution in [0.5, 0.6) is 11.5 Å². The first-order valence-corrected chi connectivity index (χ1v) is 17.3. The van der Waals surface area contributed by atoms with Crippen molar-refractivity contribution in [2.75, 3.05) is 45.8 Å². The van der Waals surface area contributed by atoms with Crippen LogP contribution in [0, 0.1) is 5.92 Å². The number of carbonyl (C=O) groups is 2. The lowest BCUT2D eigenvalue weighted by Gasteiger charge is -2.35. The molecule has 4 atom stereocenters. The largest absolute Gasteiger partial charge is 0.497 e. The number of amides is 2. The molecule has 1 aliphatic rings. The van der Waals surface area contributed by atoms with E-state index in [-0.39, 0.29) is 41.1 Å². The minimum Gasteiger partial charge on any atom is -0.497 e. The molecule has 1 aliphatic heterocycles. The Balaban J connectivity index is 1.93. The van der Waals surface area contributed by atoms with Gasteiger partial charge in [-0.05, 0) is 75.6 Å². The molecule has 48 heavy (non-hydrogen) atoms. The molecule has 2 N–H and O–H groups in total. The standard InChI is InChI=1S/C33H46F3N3O8S/c1-22-19-39(23(2)21-40)32(42)28-18-25(37-31(41)15-16-33(34,35)36)9-14-29(28)47-24(3)8-6-7-17-46-30(22)20-38(4)48(43,44)27-12-10-26(45-5)11-13-27/h9-14,18,22-24,30,40H,6-8,15-17,19-21H2,1-5H3,(H,37,41)/t22-,23+,24+,30+/m1/s1. The monoisotopic (exact) mass is 701 g/mol. The first-order valence-electron chi connectivity index (χ1n) is 15.9. The van der Waals surface area contributed by atoms with Gasteiger partial charge in [0.1, 0.15) is 11.5 Å². The fourth-order valence-electron chi connectivity index (χ4n) is 5.22. The summed E-state index contributed by atoms with van der Waals surface area (Å²) >= 11 is 0. The average Bonchev–Trinajstić information content (AvgIpc) is 3.04. The molecule has 0 bridgehead atoms. The number of aliphatic hydroxyl groups excluding tert-OH is 1. The number of sulfonamides is 1. The zero-order chi connectivity index (χ0) is 35.6. The Hall–Kier alpha value is -3.40. The topological polar surface area (TPSA) is 135 Å². The molecular weight excluding hydrogens is 655 g/mol. The molecule has 0 radical (unpaired) electrons. The summed E-state index contributed by atoms with van der Waals surface area (Å²) in [5, 5.41) is 12.6. The smallest absolute Gasteiger partial charge is 0.389 e. The van der Waals surface area contributed by atoms with Crippen LogP contribution >= 0.6 is 0 Å². The number of carbonyl (C=O) groups excluding carboxylic acids is 2. The lowest BCUT2D eigenvalue weighted by molar-refractivity contribution is -0.142. The molecule has 0 aliphatic carbocycles. The second kappa shape index (κ2) is 17.3. The number of likely N-dealkylation sites (N-methyl/N-ethyl adjacent to an activating group) is 1. The van der Waals surface area contributed by atoms with Gasteiger partial charge >= 0.3 is 6.18 Å². The number of fused-ring (bicyclic) bond motifs is 1. The van der Waals surface area contributed by atoms with Gasteiger partial charge in [-0.15, -0.1) is 0 Å².